The maximum atomic E-state index is 12.9. The number of amides is 1. The average molecular weight is 407 g/mol. The molecule has 158 valence electrons. The Morgan fingerprint density at radius 3 is 2.73 bits per heavy atom. The number of carbonyl (C=O) groups excluding carboxylic acids is 1. The average Bonchev–Trinajstić information content (AvgIpc) is 3.29. The number of aliphatic imine (C=N–C) groups is 1. The highest BCUT2D eigenvalue weighted by molar-refractivity contribution is 5.98. The third kappa shape index (κ3) is 4.27. The van der Waals surface area contributed by atoms with Gasteiger partial charge in [0.25, 0.3) is 0 Å². The second-order valence-corrected chi connectivity index (χ2v) is 7.88. The molecule has 2 aliphatic rings. The van der Waals surface area contributed by atoms with Crippen molar-refractivity contribution in [3.05, 3.63) is 59.7 Å². The van der Waals surface area contributed by atoms with E-state index in [1.807, 2.05) is 35.2 Å². The molecule has 0 aromatic heterocycles. The van der Waals surface area contributed by atoms with Crippen LogP contribution >= 0.6 is 0 Å². The molecule has 6 heteroatoms. The van der Waals surface area contributed by atoms with Gasteiger partial charge < -0.3 is 19.9 Å². The van der Waals surface area contributed by atoms with Crippen LogP contribution in [-0.4, -0.2) is 57.1 Å². The number of methoxy groups -OCH3 is 1. The van der Waals surface area contributed by atoms with Gasteiger partial charge in [-0.25, -0.2) is 0 Å². The second-order valence-electron chi connectivity index (χ2n) is 7.88. The lowest BCUT2D eigenvalue weighted by atomic mass is 9.98. The Balaban J connectivity index is 1.35. The quantitative estimate of drug-likeness (QED) is 0.626. The van der Waals surface area contributed by atoms with Gasteiger partial charge in [-0.2, -0.15) is 0 Å². The Morgan fingerprint density at radius 1 is 1.17 bits per heavy atom. The van der Waals surface area contributed by atoms with Gasteiger partial charge in [0, 0.05) is 38.3 Å². The molecule has 1 amide bonds. The van der Waals surface area contributed by atoms with Gasteiger partial charge in [-0.1, -0.05) is 30.3 Å². The topological polar surface area (TPSA) is 57.2 Å². The van der Waals surface area contributed by atoms with E-state index >= 15 is 0 Å². The van der Waals surface area contributed by atoms with Crippen LogP contribution in [0.1, 0.15) is 29.9 Å². The Kier molecular flexibility index (Phi) is 6.21. The summed E-state index contributed by atoms with van der Waals surface area (Å²) < 4.78 is 5.26. The molecule has 30 heavy (non-hydrogen) atoms. The van der Waals surface area contributed by atoms with Crippen LogP contribution in [-0.2, 0) is 11.2 Å². The second kappa shape index (κ2) is 9.20. The van der Waals surface area contributed by atoms with Crippen molar-refractivity contribution in [3.8, 4) is 5.75 Å². The third-order valence-electron chi connectivity index (χ3n) is 6.10. The number of hydrogen-bond acceptors (Lipinski definition) is 3. The molecule has 1 fully saturated rings. The van der Waals surface area contributed by atoms with E-state index in [0.717, 1.165) is 56.3 Å². The van der Waals surface area contributed by atoms with Crippen molar-refractivity contribution in [2.45, 2.75) is 25.2 Å². The van der Waals surface area contributed by atoms with Crippen molar-refractivity contribution in [2.24, 2.45) is 4.99 Å². The van der Waals surface area contributed by atoms with Crippen molar-refractivity contribution in [1.29, 1.82) is 0 Å². The standard InChI is InChI=1S/C24H30N4O2/c1-25-24(27-15-13-20(17-27)18-9-11-21(30-2)12-10-18)26-16-23(29)28-14-5-7-19-6-3-4-8-22(19)28/h3-4,6,8-12,20H,5,7,13-17H2,1-2H3,(H,25,26). The van der Waals surface area contributed by atoms with Gasteiger partial charge in [0.1, 0.15) is 5.75 Å². The highest BCUT2D eigenvalue weighted by Gasteiger charge is 2.27. The fraction of sp³-hybridized carbons (Fsp3) is 0.417. The van der Waals surface area contributed by atoms with E-state index < -0.39 is 0 Å². The molecule has 6 nitrogen and oxygen atoms in total. The van der Waals surface area contributed by atoms with E-state index in [0.29, 0.717) is 5.92 Å². The minimum Gasteiger partial charge on any atom is -0.497 e. The van der Waals surface area contributed by atoms with E-state index in [9.17, 15) is 4.79 Å². The van der Waals surface area contributed by atoms with Crippen LogP contribution in [0.5, 0.6) is 5.75 Å². The lowest BCUT2D eigenvalue weighted by Gasteiger charge is -2.30. The number of anilines is 1. The summed E-state index contributed by atoms with van der Waals surface area (Å²) in [4.78, 5) is 21.5. The summed E-state index contributed by atoms with van der Waals surface area (Å²) in [6.07, 6.45) is 3.11. The first-order chi connectivity index (χ1) is 14.7. The molecular formula is C24H30N4O2. The fourth-order valence-electron chi connectivity index (χ4n) is 4.48. The molecule has 1 unspecified atom stereocenters. The number of rotatable bonds is 4. The highest BCUT2D eigenvalue weighted by atomic mass is 16.5. The number of benzene rings is 2. The Morgan fingerprint density at radius 2 is 1.97 bits per heavy atom. The largest absolute Gasteiger partial charge is 0.497 e. The van der Waals surface area contributed by atoms with Crippen LogP contribution in [0, 0.1) is 0 Å². The number of nitrogens with zero attached hydrogens (tertiary/aromatic N) is 3. The molecule has 2 heterocycles. The van der Waals surface area contributed by atoms with E-state index in [4.69, 9.17) is 4.74 Å². The molecule has 2 aromatic rings. The third-order valence-corrected chi connectivity index (χ3v) is 6.10. The summed E-state index contributed by atoms with van der Waals surface area (Å²) in [5.74, 6) is 2.22. The zero-order valence-corrected chi connectivity index (χ0v) is 17.8. The number of fused-ring (bicyclic) bond motifs is 1. The fourth-order valence-corrected chi connectivity index (χ4v) is 4.48. The zero-order valence-electron chi connectivity index (χ0n) is 17.8. The molecule has 0 radical (unpaired) electrons. The number of ether oxygens (including phenoxy) is 1. The minimum absolute atomic E-state index is 0.0919. The smallest absolute Gasteiger partial charge is 0.246 e. The predicted octanol–water partition coefficient (Wildman–Crippen LogP) is 3.04. The van der Waals surface area contributed by atoms with Crippen LogP contribution in [0.4, 0.5) is 5.69 Å². The number of guanidine groups is 1. The van der Waals surface area contributed by atoms with E-state index in [1.165, 1.54) is 11.1 Å². The monoisotopic (exact) mass is 406 g/mol. The van der Waals surface area contributed by atoms with Crippen molar-refractivity contribution in [3.63, 3.8) is 0 Å². The lowest BCUT2D eigenvalue weighted by Crippen LogP contribution is -2.47. The van der Waals surface area contributed by atoms with Crippen molar-refractivity contribution in [2.75, 3.05) is 45.2 Å². The Hall–Kier alpha value is -3.02. The molecular weight excluding hydrogens is 376 g/mol. The molecule has 0 saturated carbocycles. The normalized spacial score (nSPS) is 18.9. The van der Waals surface area contributed by atoms with Gasteiger partial charge >= 0.3 is 0 Å². The Labute approximate surface area is 178 Å². The lowest BCUT2D eigenvalue weighted by molar-refractivity contribution is -0.117. The molecule has 4 rings (SSSR count). The molecule has 0 aliphatic carbocycles. The van der Waals surface area contributed by atoms with Crippen LogP contribution in [0.15, 0.2) is 53.5 Å². The number of nitrogens with one attached hydrogen (secondary N) is 1. The van der Waals surface area contributed by atoms with E-state index in [1.54, 1.807) is 14.2 Å². The summed E-state index contributed by atoms with van der Waals surface area (Å²) in [5.41, 5.74) is 3.62. The van der Waals surface area contributed by atoms with E-state index in [-0.39, 0.29) is 12.5 Å². The van der Waals surface area contributed by atoms with Gasteiger partial charge in [0.2, 0.25) is 5.91 Å². The van der Waals surface area contributed by atoms with E-state index in [2.05, 4.69) is 33.4 Å². The first-order valence-electron chi connectivity index (χ1n) is 10.7. The first kappa shape index (κ1) is 20.3. The summed E-state index contributed by atoms with van der Waals surface area (Å²) in [6.45, 7) is 2.86. The van der Waals surface area contributed by atoms with Crippen LogP contribution < -0.4 is 15.0 Å². The predicted molar refractivity (Wildman–Crippen MR) is 120 cm³/mol. The number of aryl methyl sites for hydroxylation is 1. The van der Waals surface area contributed by atoms with Gasteiger partial charge in [-0.3, -0.25) is 9.79 Å². The number of hydrogen-bond donors (Lipinski definition) is 1. The molecule has 2 aliphatic heterocycles. The van der Waals surface area contributed by atoms with Gasteiger partial charge in [0.05, 0.1) is 13.7 Å². The van der Waals surface area contributed by atoms with Crippen molar-refractivity contribution >= 4 is 17.6 Å². The first-order valence-corrected chi connectivity index (χ1v) is 10.7. The minimum atomic E-state index is 0.0919. The van der Waals surface area contributed by atoms with Gasteiger partial charge in [0.15, 0.2) is 5.96 Å². The zero-order chi connectivity index (χ0) is 20.9. The van der Waals surface area contributed by atoms with Crippen molar-refractivity contribution in [1.82, 2.24) is 10.2 Å². The summed E-state index contributed by atoms with van der Waals surface area (Å²) >= 11 is 0. The van der Waals surface area contributed by atoms with Crippen LogP contribution in [0.2, 0.25) is 0 Å². The number of likely N-dealkylation sites (tertiary alicyclic amines) is 1. The molecule has 2 aromatic carbocycles. The van der Waals surface area contributed by atoms with Crippen molar-refractivity contribution < 1.29 is 9.53 Å². The summed E-state index contributed by atoms with van der Waals surface area (Å²) in [6, 6.07) is 16.5. The number of carbonyl (C=O) groups is 1. The Bertz CT molecular complexity index is 910. The molecule has 0 bridgehead atoms. The molecule has 1 atom stereocenters. The van der Waals surface area contributed by atoms with Crippen LogP contribution in [0.25, 0.3) is 0 Å². The van der Waals surface area contributed by atoms with Crippen LogP contribution in [0.3, 0.4) is 0 Å². The number of para-hydroxylation sites is 1. The van der Waals surface area contributed by atoms with Gasteiger partial charge in [-0.15, -0.1) is 0 Å². The maximum absolute atomic E-state index is 12.9. The molecule has 1 N–H and O–H groups in total. The summed E-state index contributed by atoms with van der Waals surface area (Å²) in [5, 5.41) is 3.29. The molecule has 1 saturated heterocycles. The summed E-state index contributed by atoms with van der Waals surface area (Å²) in [7, 11) is 3.47. The highest BCUT2D eigenvalue weighted by Crippen LogP contribution is 2.29. The molecule has 0 spiro atoms. The van der Waals surface area contributed by atoms with Gasteiger partial charge in [-0.05, 0) is 48.6 Å². The maximum Gasteiger partial charge on any atom is 0.246 e. The SMILES string of the molecule is CN=C(NCC(=O)N1CCCc2ccccc21)N1CCC(c2ccc(OC)cc2)C1.